The van der Waals surface area contributed by atoms with Gasteiger partial charge >= 0.3 is 0 Å². The van der Waals surface area contributed by atoms with Crippen LogP contribution in [-0.4, -0.2) is 14.7 Å². The second kappa shape index (κ2) is 9.35. The Morgan fingerprint density at radius 3 is 2.41 bits per heavy atom. The van der Waals surface area contributed by atoms with Crippen molar-refractivity contribution in [1.29, 1.82) is 0 Å². The number of nitrogens with one attached hydrogen (secondary N) is 1. The average Bonchev–Trinajstić information content (AvgIpc) is 3.35. The smallest absolute Gasteiger partial charge is 0.174 e. The highest BCUT2D eigenvalue weighted by atomic mass is 79.9. The van der Waals surface area contributed by atoms with Gasteiger partial charge in [0.1, 0.15) is 0 Å². The number of benzene rings is 2. The summed E-state index contributed by atoms with van der Waals surface area (Å²) in [6.07, 6.45) is 2.86. The first-order chi connectivity index (χ1) is 16.5. The average molecular weight is 532 g/mol. The molecule has 0 bridgehead atoms. The predicted octanol–water partition coefficient (Wildman–Crippen LogP) is 6.99. The van der Waals surface area contributed by atoms with Crippen molar-refractivity contribution in [2.45, 2.75) is 39.3 Å². The lowest BCUT2D eigenvalue weighted by Crippen LogP contribution is -2.29. The Balaban J connectivity index is 1.68. The molecule has 1 saturated heterocycles. The predicted molar refractivity (Wildman–Crippen MR) is 147 cm³/mol. The molecule has 3 heterocycles. The molecule has 0 aliphatic carbocycles. The molecule has 0 spiro atoms. The lowest BCUT2D eigenvalue weighted by molar-refractivity contribution is 0.565. The van der Waals surface area contributed by atoms with E-state index in [1.165, 1.54) is 22.5 Å². The zero-order valence-electron chi connectivity index (χ0n) is 19.5. The van der Waals surface area contributed by atoms with Gasteiger partial charge in [-0.25, -0.2) is 0 Å². The van der Waals surface area contributed by atoms with Crippen LogP contribution in [-0.2, 0) is 6.42 Å². The Labute approximate surface area is 214 Å². The zero-order valence-corrected chi connectivity index (χ0v) is 21.9. The number of hydrogen-bond donors (Lipinski definition) is 1. The van der Waals surface area contributed by atoms with Gasteiger partial charge in [0, 0.05) is 27.7 Å². The van der Waals surface area contributed by atoms with Gasteiger partial charge in [0.05, 0.1) is 23.5 Å². The number of anilines is 1. The number of rotatable bonds is 5. The molecule has 34 heavy (non-hydrogen) atoms. The topological polar surface area (TPSA) is 33.1 Å². The maximum absolute atomic E-state index is 5.91. The Morgan fingerprint density at radius 1 is 1.00 bits per heavy atom. The molecule has 172 valence electrons. The van der Waals surface area contributed by atoms with Crippen LogP contribution in [0.25, 0.3) is 5.69 Å². The van der Waals surface area contributed by atoms with Crippen LogP contribution >= 0.6 is 28.1 Å². The molecule has 2 aromatic heterocycles. The number of thiocarbonyl (C=S) groups is 1. The van der Waals surface area contributed by atoms with Gasteiger partial charge in [-0.3, -0.25) is 4.98 Å². The molecule has 1 N–H and O–H groups in total. The van der Waals surface area contributed by atoms with Gasteiger partial charge in [-0.05, 0) is 102 Å². The van der Waals surface area contributed by atoms with Crippen molar-refractivity contribution < 1.29 is 0 Å². The van der Waals surface area contributed by atoms with Gasteiger partial charge in [-0.2, -0.15) is 0 Å². The van der Waals surface area contributed by atoms with E-state index in [9.17, 15) is 0 Å². The molecular weight excluding hydrogens is 504 g/mol. The molecule has 2 atom stereocenters. The second-order valence-electron chi connectivity index (χ2n) is 8.63. The number of aromatic nitrogens is 2. The van der Waals surface area contributed by atoms with Crippen LogP contribution in [0, 0.1) is 13.8 Å². The van der Waals surface area contributed by atoms with E-state index >= 15 is 0 Å². The summed E-state index contributed by atoms with van der Waals surface area (Å²) in [5.41, 5.74) is 8.11. The summed E-state index contributed by atoms with van der Waals surface area (Å²) in [6.45, 7) is 6.53. The van der Waals surface area contributed by atoms with Crippen molar-refractivity contribution in [2.24, 2.45) is 0 Å². The Kier molecular flexibility index (Phi) is 6.28. The maximum atomic E-state index is 5.91. The number of pyridine rings is 1. The number of hydrogen-bond acceptors (Lipinski definition) is 2. The van der Waals surface area contributed by atoms with Crippen LogP contribution in [0.3, 0.4) is 0 Å². The van der Waals surface area contributed by atoms with Gasteiger partial charge in [-0.1, -0.05) is 37.3 Å². The minimum atomic E-state index is -0.0623. The van der Waals surface area contributed by atoms with Crippen molar-refractivity contribution in [2.75, 3.05) is 4.90 Å². The van der Waals surface area contributed by atoms with Crippen molar-refractivity contribution in [1.82, 2.24) is 14.9 Å². The highest BCUT2D eigenvalue weighted by Gasteiger charge is 2.42. The molecule has 0 saturated carbocycles. The number of halogens is 1. The minimum absolute atomic E-state index is 0.0303. The second-order valence-corrected chi connectivity index (χ2v) is 9.87. The highest BCUT2D eigenvalue weighted by molar-refractivity contribution is 9.10. The lowest BCUT2D eigenvalue weighted by atomic mass is 9.96. The Bertz CT molecular complexity index is 1330. The van der Waals surface area contributed by atoms with E-state index in [0.29, 0.717) is 0 Å². The highest BCUT2D eigenvalue weighted by Crippen LogP contribution is 2.44. The summed E-state index contributed by atoms with van der Waals surface area (Å²) in [5.74, 6) is 0. The first-order valence-corrected chi connectivity index (χ1v) is 12.7. The fourth-order valence-corrected chi connectivity index (χ4v) is 5.74. The fraction of sp³-hybridized carbons (Fsp3) is 0.214. The fourth-order valence-electron chi connectivity index (χ4n) is 4.93. The van der Waals surface area contributed by atoms with Gasteiger partial charge in [0.15, 0.2) is 5.11 Å². The summed E-state index contributed by atoms with van der Waals surface area (Å²) in [5, 5.41) is 4.30. The van der Waals surface area contributed by atoms with Crippen LogP contribution in [0.5, 0.6) is 0 Å². The van der Waals surface area contributed by atoms with Gasteiger partial charge in [-0.15, -0.1) is 0 Å². The summed E-state index contributed by atoms with van der Waals surface area (Å²) in [6, 6.07) is 25.3. The van der Waals surface area contributed by atoms with Gasteiger partial charge in [0.2, 0.25) is 0 Å². The molecular formula is C28H27BrN4S. The molecule has 1 aliphatic rings. The first kappa shape index (κ1) is 22.8. The van der Waals surface area contributed by atoms with E-state index in [-0.39, 0.29) is 12.1 Å². The van der Waals surface area contributed by atoms with Crippen molar-refractivity contribution in [3.63, 3.8) is 0 Å². The minimum Gasteiger partial charge on any atom is -0.351 e. The molecule has 4 aromatic rings. The molecule has 0 amide bonds. The first-order valence-electron chi connectivity index (χ1n) is 11.5. The van der Waals surface area contributed by atoms with Crippen LogP contribution in [0.1, 0.15) is 47.2 Å². The quantitative estimate of drug-likeness (QED) is 0.282. The van der Waals surface area contributed by atoms with Crippen LogP contribution < -0.4 is 10.2 Å². The summed E-state index contributed by atoms with van der Waals surface area (Å²) in [7, 11) is 0. The van der Waals surface area contributed by atoms with E-state index in [4.69, 9.17) is 17.2 Å². The molecule has 5 rings (SSSR count). The van der Waals surface area contributed by atoms with E-state index < -0.39 is 0 Å². The van der Waals surface area contributed by atoms with E-state index in [1.54, 1.807) is 0 Å². The molecule has 0 unspecified atom stereocenters. The monoisotopic (exact) mass is 530 g/mol. The van der Waals surface area contributed by atoms with Crippen molar-refractivity contribution in [3.05, 3.63) is 112 Å². The molecule has 6 heteroatoms. The largest absolute Gasteiger partial charge is 0.351 e. The van der Waals surface area contributed by atoms with E-state index in [0.717, 1.165) is 33.1 Å². The zero-order chi connectivity index (χ0) is 23.8. The summed E-state index contributed by atoms with van der Waals surface area (Å²) >= 11 is 9.65. The van der Waals surface area contributed by atoms with Crippen LogP contribution in [0.4, 0.5) is 5.69 Å². The molecule has 2 aromatic carbocycles. The number of para-hydroxylation sites is 1. The third kappa shape index (κ3) is 3.95. The van der Waals surface area contributed by atoms with Gasteiger partial charge < -0.3 is 14.8 Å². The molecule has 1 aliphatic heterocycles. The molecule has 0 radical (unpaired) electrons. The SMILES string of the molecule is CCc1ccc(N2C(=S)N[C@H](c3ccccn3)[C@@H]2c2cc(C)n(-c3ccccc3Br)c2C)cc1. The summed E-state index contributed by atoms with van der Waals surface area (Å²) in [4.78, 5) is 6.94. The lowest BCUT2D eigenvalue weighted by Gasteiger charge is -2.28. The number of nitrogens with zero attached hydrogens (tertiary/aromatic N) is 3. The van der Waals surface area contributed by atoms with Gasteiger partial charge in [0.25, 0.3) is 0 Å². The van der Waals surface area contributed by atoms with E-state index in [1.807, 2.05) is 24.4 Å². The van der Waals surface area contributed by atoms with Crippen molar-refractivity contribution in [3.8, 4) is 5.69 Å². The standard InChI is InChI=1S/C28H27BrN4S/c1-4-20-12-14-21(15-13-20)33-27(26(31-28(33)34)24-10-7-8-16-30-24)22-17-18(2)32(19(22)3)25-11-6-5-9-23(25)29/h5-17,26-27H,4H2,1-3H3,(H,31,34)/t26-,27+/m1/s1. The molecule has 1 fully saturated rings. The molecule has 4 nitrogen and oxygen atoms in total. The van der Waals surface area contributed by atoms with Crippen molar-refractivity contribution >= 4 is 38.9 Å². The van der Waals surface area contributed by atoms with E-state index in [2.05, 4.69) is 106 Å². The maximum Gasteiger partial charge on any atom is 0.174 e. The van der Waals surface area contributed by atoms with Crippen LogP contribution in [0.2, 0.25) is 0 Å². The Morgan fingerprint density at radius 2 is 1.74 bits per heavy atom. The third-order valence-corrected chi connectivity index (χ3v) is 7.59. The third-order valence-electron chi connectivity index (χ3n) is 6.60. The Hall–Kier alpha value is -2.96. The normalized spacial score (nSPS) is 17.8. The number of aryl methyl sites for hydroxylation is 2. The van der Waals surface area contributed by atoms with Crippen LogP contribution in [0.15, 0.2) is 83.5 Å². The summed E-state index contributed by atoms with van der Waals surface area (Å²) < 4.78 is 3.38.